The van der Waals surface area contributed by atoms with Crippen molar-refractivity contribution in [3.63, 3.8) is 0 Å². The first-order valence-electron chi connectivity index (χ1n) is 8.35. The summed E-state index contributed by atoms with van der Waals surface area (Å²) in [6, 6.07) is -0.211. The summed E-state index contributed by atoms with van der Waals surface area (Å²) in [5, 5.41) is 15.2. The van der Waals surface area contributed by atoms with Crippen molar-refractivity contribution in [2.75, 3.05) is 0 Å². The Morgan fingerprint density at radius 1 is 1.05 bits per heavy atom. The van der Waals surface area contributed by atoms with Gasteiger partial charge < -0.3 is 15.7 Å². The first-order chi connectivity index (χ1) is 10.0. The predicted octanol–water partition coefficient (Wildman–Crippen LogP) is 3.04. The van der Waals surface area contributed by atoms with Crippen molar-refractivity contribution in [1.82, 2.24) is 10.6 Å². The van der Waals surface area contributed by atoms with E-state index in [4.69, 9.17) is 0 Å². The number of nitrogens with one attached hydrogen (secondary N) is 2. The molecule has 2 fully saturated rings. The van der Waals surface area contributed by atoms with Crippen molar-refractivity contribution in [3.8, 4) is 0 Å². The fraction of sp³-hybridized carbons (Fsp3) is 0.875. The molecule has 0 heterocycles. The standard InChI is InChI=1S/C16H28N2O3/c1-12(13-8-4-2-5-9-13)17-15(21)18-16(14(19)20)10-6-3-7-11-16/h12-13H,2-11H2,1H3,(H,19,20)(H2,17,18,21). The number of aliphatic carboxylic acids is 1. The largest absolute Gasteiger partial charge is 0.480 e. The zero-order valence-corrected chi connectivity index (χ0v) is 13.0. The average molecular weight is 296 g/mol. The molecule has 0 aromatic heterocycles. The second-order valence-corrected chi connectivity index (χ2v) is 6.73. The minimum Gasteiger partial charge on any atom is -0.480 e. The molecule has 0 aliphatic heterocycles. The van der Waals surface area contributed by atoms with Crippen LogP contribution >= 0.6 is 0 Å². The lowest BCUT2D eigenvalue weighted by atomic mass is 9.81. The predicted molar refractivity (Wildman–Crippen MR) is 81.2 cm³/mol. The van der Waals surface area contributed by atoms with Crippen LogP contribution in [0.15, 0.2) is 0 Å². The van der Waals surface area contributed by atoms with Gasteiger partial charge in [-0.2, -0.15) is 0 Å². The van der Waals surface area contributed by atoms with E-state index in [9.17, 15) is 14.7 Å². The van der Waals surface area contributed by atoms with E-state index in [1.165, 1.54) is 19.3 Å². The molecule has 1 atom stereocenters. The van der Waals surface area contributed by atoms with Crippen LogP contribution in [0.1, 0.15) is 71.1 Å². The van der Waals surface area contributed by atoms with Gasteiger partial charge in [0.25, 0.3) is 0 Å². The van der Waals surface area contributed by atoms with Gasteiger partial charge in [0.1, 0.15) is 5.54 Å². The highest BCUT2D eigenvalue weighted by Gasteiger charge is 2.41. The summed E-state index contributed by atoms with van der Waals surface area (Å²) in [5.74, 6) is -0.376. The van der Waals surface area contributed by atoms with Crippen molar-refractivity contribution >= 4 is 12.0 Å². The van der Waals surface area contributed by atoms with Gasteiger partial charge in [-0.15, -0.1) is 0 Å². The fourth-order valence-electron chi connectivity index (χ4n) is 3.76. The smallest absolute Gasteiger partial charge is 0.329 e. The molecular weight excluding hydrogens is 268 g/mol. The Bertz CT molecular complexity index is 372. The summed E-state index contributed by atoms with van der Waals surface area (Å²) >= 11 is 0. The van der Waals surface area contributed by atoms with Crippen LogP contribution in [0.4, 0.5) is 4.79 Å². The van der Waals surface area contributed by atoms with Crippen molar-refractivity contribution in [2.45, 2.75) is 82.7 Å². The zero-order valence-electron chi connectivity index (χ0n) is 13.0. The molecule has 0 spiro atoms. The summed E-state index contributed by atoms with van der Waals surface area (Å²) < 4.78 is 0. The molecule has 5 nitrogen and oxygen atoms in total. The minimum absolute atomic E-state index is 0.111. The molecule has 0 bridgehead atoms. The van der Waals surface area contributed by atoms with E-state index in [2.05, 4.69) is 10.6 Å². The van der Waals surface area contributed by atoms with Crippen molar-refractivity contribution in [3.05, 3.63) is 0 Å². The molecule has 0 saturated heterocycles. The molecule has 2 amide bonds. The number of carbonyl (C=O) groups excluding carboxylic acids is 1. The number of carboxylic acid groups (broad SMARTS) is 1. The lowest BCUT2D eigenvalue weighted by Crippen LogP contribution is -2.59. The third-order valence-corrected chi connectivity index (χ3v) is 5.19. The van der Waals surface area contributed by atoms with E-state index < -0.39 is 11.5 Å². The Morgan fingerprint density at radius 2 is 1.62 bits per heavy atom. The number of carboxylic acids is 1. The highest BCUT2D eigenvalue weighted by atomic mass is 16.4. The maximum Gasteiger partial charge on any atom is 0.329 e. The Morgan fingerprint density at radius 3 is 2.19 bits per heavy atom. The quantitative estimate of drug-likeness (QED) is 0.746. The van der Waals surface area contributed by atoms with Crippen LogP contribution in [0, 0.1) is 5.92 Å². The number of amides is 2. The normalized spacial score (nSPS) is 24.0. The van der Waals surface area contributed by atoms with Crippen molar-refractivity contribution in [2.24, 2.45) is 5.92 Å². The van der Waals surface area contributed by atoms with Gasteiger partial charge in [-0.1, -0.05) is 38.5 Å². The minimum atomic E-state index is -1.06. The molecular formula is C16H28N2O3. The van der Waals surface area contributed by atoms with E-state index in [0.717, 1.165) is 32.1 Å². The van der Waals surface area contributed by atoms with E-state index in [1.807, 2.05) is 6.92 Å². The molecule has 0 aromatic rings. The van der Waals surface area contributed by atoms with Gasteiger partial charge in [-0.25, -0.2) is 9.59 Å². The third kappa shape index (κ3) is 4.11. The van der Waals surface area contributed by atoms with E-state index in [0.29, 0.717) is 18.8 Å². The number of carbonyl (C=O) groups is 2. The molecule has 120 valence electrons. The average Bonchev–Trinajstić information content (AvgIpc) is 2.48. The second-order valence-electron chi connectivity index (χ2n) is 6.73. The molecule has 1 unspecified atom stereocenters. The molecule has 3 N–H and O–H groups in total. The highest BCUT2D eigenvalue weighted by molar-refractivity contribution is 5.86. The Labute approximate surface area is 126 Å². The topological polar surface area (TPSA) is 78.4 Å². The van der Waals surface area contributed by atoms with Gasteiger partial charge in [0, 0.05) is 6.04 Å². The van der Waals surface area contributed by atoms with Crippen LogP contribution in [0.25, 0.3) is 0 Å². The Balaban J connectivity index is 1.88. The first-order valence-corrected chi connectivity index (χ1v) is 8.35. The summed E-state index contributed by atoms with van der Waals surface area (Å²) in [5.41, 5.74) is -1.06. The Kier molecular flexibility index (Phi) is 5.48. The highest BCUT2D eigenvalue weighted by Crippen LogP contribution is 2.29. The summed E-state index contributed by atoms with van der Waals surface area (Å²) in [7, 11) is 0. The molecule has 0 radical (unpaired) electrons. The zero-order chi connectivity index (χ0) is 15.3. The lowest BCUT2D eigenvalue weighted by molar-refractivity contribution is -0.145. The monoisotopic (exact) mass is 296 g/mol. The second kappa shape index (κ2) is 7.14. The van der Waals surface area contributed by atoms with Gasteiger partial charge in [0.15, 0.2) is 0 Å². The van der Waals surface area contributed by atoms with E-state index in [-0.39, 0.29) is 12.1 Å². The maximum absolute atomic E-state index is 12.2. The molecule has 2 aliphatic rings. The maximum atomic E-state index is 12.2. The third-order valence-electron chi connectivity index (χ3n) is 5.19. The van der Waals surface area contributed by atoms with Gasteiger partial charge >= 0.3 is 12.0 Å². The SMILES string of the molecule is CC(NC(=O)NC1(C(=O)O)CCCCC1)C1CCCCC1. The number of rotatable bonds is 4. The first kappa shape index (κ1) is 16.1. The van der Waals surface area contributed by atoms with Crippen LogP contribution in [0.5, 0.6) is 0 Å². The Hall–Kier alpha value is -1.26. The van der Waals surface area contributed by atoms with Crippen LogP contribution in [0.3, 0.4) is 0 Å². The molecule has 0 aromatic carbocycles. The van der Waals surface area contributed by atoms with E-state index >= 15 is 0 Å². The van der Waals surface area contributed by atoms with Crippen LogP contribution < -0.4 is 10.6 Å². The van der Waals surface area contributed by atoms with E-state index in [1.54, 1.807) is 0 Å². The lowest BCUT2D eigenvalue weighted by Gasteiger charge is -2.35. The summed E-state index contributed by atoms with van der Waals surface area (Å²) in [4.78, 5) is 23.7. The fourth-order valence-corrected chi connectivity index (χ4v) is 3.76. The summed E-state index contributed by atoms with van der Waals surface area (Å²) in [6.45, 7) is 2.03. The number of hydrogen-bond acceptors (Lipinski definition) is 2. The molecule has 21 heavy (non-hydrogen) atoms. The van der Waals surface area contributed by atoms with Crippen LogP contribution in [-0.4, -0.2) is 28.7 Å². The van der Waals surface area contributed by atoms with Crippen molar-refractivity contribution < 1.29 is 14.7 Å². The molecule has 5 heteroatoms. The van der Waals surface area contributed by atoms with Gasteiger partial charge in [-0.3, -0.25) is 0 Å². The molecule has 2 saturated carbocycles. The van der Waals surface area contributed by atoms with Gasteiger partial charge in [-0.05, 0) is 38.5 Å². The number of urea groups is 1. The van der Waals surface area contributed by atoms with Gasteiger partial charge in [0.05, 0.1) is 0 Å². The van der Waals surface area contributed by atoms with Crippen LogP contribution in [-0.2, 0) is 4.79 Å². The summed E-state index contributed by atoms with van der Waals surface area (Å²) in [6.07, 6.45) is 9.93. The number of hydrogen-bond donors (Lipinski definition) is 3. The van der Waals surface area contributed by atoms with Crippen LogP contribution in [0.2, 0.25) is 0 Å². The molecule has 2 rings (SSSR count). The molecule has 2 aliphatic carbocycles. The van der Waals surface area contributed by atoms with Crippen molar-refractivity contribution in [1.29, 1.82) is 0 Å². The van der Waals surface area contributed by atoms with Gasteiger partial charge in [0.2, 0.25) is 0 Å².